The molecule has 0 radical (unpaired) electrons. The largest absolute Gasteiger partial charge is 0.481 e. The second-order valence-corrected chi connectivity index (χ2v) is 15.3. The smallest absolute Gasteiger partial charge is 0.422 e. The Labute approximate surface area is 289 Å². The number of hydrogen-bond acceptors (Lipinski definition) is 8. The van der Waals surface area contributed by atoms with Crippen LogP contribution in [0.3, 0.4) is 0 Å². The minimum atomic E-state index is -4.55. The van der Waals surface area contributed by atoms with Crippen LogP contribution in [0, 0.1) is 12.3 Å². The van der Waals surface area contributed by atoms with E-state index >= 15 is 0 Å². The van der Waals surface area contributed by atoms with Crippen LogP contribution in [-0.2, 0) is 4.79 Å². The number of aromatic nitrogens is 4. The van der Waals surface area contributed by atoms with Gasteiger partial charge in [0.15, 0.2) is 12.4 Å². The van der Waals surface area contributed by atoms with Gasteiger partial charge in [-0.15, -0.1) is 0 Å². The van der Waals surface area contributed by atoms with Crippen molar-refractivity contribution in [3.05, 3.63) is 48.2 Å². The second kappa shape index (κ2) is 11.6. The van der Waals surface area contributed by atoms with Crippen molar-refractivity contribution in [1.82, 2.24) is 30.0 Å². The number of alkyl halides is 3. The number of anilines is 2. The molecule has 0 bridgehead atoms. The summed E-state index contributed by atoms with van der Waals surface area (Å²) in [7, 11) is 4.09. The number of likely N-dealkylation sites (N-methyl/N-ethyl adjacent to an activating group) is 1. The zero-order valence-electron chi connectivity index (χ0n) is 29.0. The molecule has 10 nitrogen and oxygen atoms in total. The van der Waals surface area contributed by atoms with E-state index in [0.29, 0.717) is 61.7 Å². The third kappa shape index (κ3) is 5.53. The molecule has 3 aliphatic heterocycles. The fourth-order valence-corrected chi connectivity index (χ4v) is 8.10. The average molecular weight is 689 g/mol. The van der Waals surface area contributed by atoms with Gasteiger partial charge in [0.05, 0.1) is 17.3 Å². The molecule has 0 unspecified atom stereocenters. The zero-order chi connectivity index (χ0) is 35.2. The molecule has 1 aliphatic carbocycles. The summed E-state index contributed by atoms with van der Waals surface area (Å²) in [6.45, 7) is 10.6. The van der Waals surface area contributed by atoms with Crippen LogP contribution in [0.2, 0.25) is 0 Å². The van der Waals surface area contributed by atoms with Gasteiger partial charge >= 0.3 is 6.18 Å². The van der Waals surface area contributed by atoms with E-state index in [-0.39, 0.29) is 28.5 Å². The van der Waals surface area contributed by atoms with E-state index in [0.717, 1.165) is 59.1 Å². The van der Waals surface area contributed by atoms with Crippen molar-refractivity contribution in [2.75, 3.05) is 69.8 Å². The standard InChI is InChI=1S/C37H43F3N8O2/c1-6-28(49)47-19-36(20-47)11-13-46(14-12-36)33-25-15-24(23-8-9-23)30(29-22(2)7-10-27-26(29)16-41-44-27)32(50-21-37(38,39)40)31(25)42-34(43-33)48-17-35(3,18-48)45(4)5/h6-7,10,15-16,23H,1,8-9,11-14,17-21H2,2-5H3,(H,41,44). The molecule has 13 heteroatoms. The predicted octanol–water partition coefficient (Wildman–Crippen LogP) is 6.06. The number of fused-ring (bicyclic) bond motifs is 2. The molecule has 4 aromatic rings. The summed E-state index contributed by atoms with van der Waals surface area (Å²) in [5, 5.41) is 8.85. The highest BCUT2D eigenvalue weighted by molar-refractivity contribution is 6.06. The van der Waals surface area contributed by atoms with Gasteiger partial charge in [-0.3, -0.25) is 9.89 Å². The number of hydrogen-bond donors (Lipinski definition) is 1. The molecule has 4 aliphatic rings. The predicted molar refractivity (Wildman–Crippen MR) is 188 cm³/mol. The Balaban J connectivity index is 1.30. The molecule has 50 heavy (non-hydrogen) atoms. The van der Waals surface area contributed by atoms with Gasteiger partial charge in [-0.05, 0) is 94.4 Å². The molecule has 4 fully saturated rings. The molecule has 8 rings (SSSR count). The highest BCUT2D eigenvalue weighted by Crippen LogP contribution is 2.53. The van der Waals surface area contributed by atoms with Crippen molar-refractivity contribution in [1.29, 1.82) is 0 Å². The number of aryl methyl sites for hydroxylation is 1. The Morgan fingerprint density at radius 3 is 2.44 bits per heavy atom. The summed E-state index contributed by atoms with van der Waals surface area (Å²) in [6, 6.07) is 6.03. The molecule has 1 N–H and O–H groups in total. The lowest BCUT2D eigenvalue weighted by molar-refractivity contribution is -0.153. The Kier molecular flexibility index (Phi) is 7.59. The van der Waals surface area contributed by atoms with Crippen LogP contribution in [0.5, 0.6) is 5.75 Å². The second-order valence-electron chi connectivity index (χ2n) is 15.3. The Morgan fingerprint density at radius 2 is 1.80 bits per heavy atom. The maximum absolute atomic E-state index is 14.0. The van der Waals surface area contributed by atoms with E-state index in [9.17, 15) is 18.0 Å². The number of nitrogens with zero attached hydrogens (tertiary/aromatic N) is 7. The highest BCUT2D eigenvalue weighted by Gasteiger charge is 2.47. The monoisotopic (exact) mass is 688 g/mol. The van der Waals surface area contributed by atoms with Crippen molar-refractivity contribution in [2.45, 2.75) is 57.2 Å². The maximum atomic E-state index is 14.0. The lowest BCUT2D eigenvalue weighted by atomic mass is 9.72. The van der Waals surface area contributed by atoms with Crippen molar-refractivity contribution < 1.29 is 22.7 Å². The van der Waals surface area contributed by atoms with Gasteiger partial charge in [0.25, 0.3) is 0 Å². The number of aromatic amines is 1. The van der Waals surface area contributed by atoms with Crippen LogP contribution in [0.4, 0.5) is 24.9 Å². The van der Waals surface area contributed by atoms with Crippen LogP contribution >= 0.6 is 0 Å². The Bertz CT molecular complexity index is 2000. The quantitative estimate of drug-likeness (QED) is 0.224. The maximum Gasteiger partial charge on any atom is 0.422 e. The number of likely N-dealkylation sites (tertiary alicyclic amines) is 1. The highest BCUT2D eigenvalue weighted by atomic mass is 19.4. The number of rotatable bonds is 8. The average Bonchev–Trinajstić information content (AvgIpc) is 3.79. The lowest BCUT2D eigenvalue weighted by Gasteiger charge is -2.54. The summed E-state index contributed by atoms with van der Waals surface area (Å²) in [6.07, 6.45) is 2.19. The van der Waals surface area contributed by atoms with Crippen molar-refractivity contribution in [2.24, 2.45) is 5.41 Å². The number of benzene rings is 2. The fourth-order valence-electron chi connectivity index (χ4n) is 8.10. The molecule has 5 heterocycles. The minimum absolute atomic E-state index is 0.0418. The van der Waals surface area contributed by atoms with Crippen molar-refractivity contribution >= 4 is 39.5 Å². The number of nitrogens with one attached hydrogen (secondary N) is 1. The zero-order valence-corrected chi connectivity index (χ0v) is 29.0. The van der Waals surface area contributed by atoms with Gasteiger partial charge in [-0.1, -0.05) is 12.6 Å². The van der Waals surface area contributed by atoms with Gasteiger partial charge < -0.3 is 24.3 Å². The molecule has 0 atom stereocenters. The molecule has 2 aromatic heterocycles. The molecular formula is C37H43F3N8O2. The van der Waals surface area contributed by atoms with Crippen LogP contribution in [0.1, 0.15) is 49.7 Å². The first-order valence-electron chi connectivity index (χ1n) is 17.4. The first kappa shape index (κ1) is 32.8. The van der Waals surface area contributed by atoms with E-state index in [1.54, 1.807) is 6.20 Å². The summed E-state index contributed by atoms with van der Waals surface area (Å²) < 4.78 is 48.0. The normalized spacial score (nSPS) is 20.0. The van der Waals surface area contributed by atoms with Crippen molar-refractivity contribution in [3.63, 3.8) is 0 Å². The van der Waals surface area contributed by atoms with Crippen LogP contribution < -0.4 is 14.5 Å². The molecule has 1 amide bonds. The van der Waals surface area contributed by atoms with Gasteiger partial charge in [-0.2, -0.15) is 23.3 Å². The van der Waals surface area contributed by atoms with E-state index in [2.05, 4.69) is 44.5 Å². The van der Waals surface area contributed by atoms with Gasteiger partial charge in [0, 0.05) is 61.0 Å². The molecule has 1 saturated carbocycles. The molecule has 2 aromatic carbocycles. The molecular weight excluding hydrogens is 645 g/mol. The first-order valence-corrected chi connectivity index (χ1v) is 17.4. The number of piperidine rings is 1. The number of halogens is 3. The topological polar surface area (TPSA) is 93.7 Å². The van der Waals surface area contributed by atoms with E-state index < -0.39 is 12.8 Å². The lowest BCUT2D eigenvalue weighted by Crippen LogP contribution is -2.67. The van der Waals surface area contributed by atoms with E-state index in [1.165, 1.54) is 6.08 Å². The third-order valence-corrected chi connectivity index (χ3v) is 11.5. The van der Waals surface area contributed by atoms with Crippen molar-refractivity contribution in [3.8, 4) is 16.9 Å². The first-order chi connectivity index (χ1) is 23.8. The molecule has 3 saturated heterocycles. The number of amides is 1. The Hall–Kier alpha value is -4.39. The summed E-state index contributed by atoms with van der Waals surface area (Å²) in [5.74, 6) is 1.49. The van der Waals surface area contributed by atoms with Gasteiger partial charge in [0.2, 0.25) is 11.9 Å². The van der Waals surface area contributed by atoms with Crippen LogP contribution in [0.25, 0.3) is 32.9 Å². The van der Waals surface area contributed by atoms with Crippen LogP contribution in [-0.4, -0.2) is 108 Å². The number of carbonyl (C=O) groups is 1. The SMILES string of the molecule is C=CC(=O)N1CC2(CCN(c3nc(N4CC(C)(N(C)C)C4)nc4c(OCC(F)(F)F)c(-c5c(C)ccc6[nH]ncc56)c(C5CC5)cc34)CC2)C1. The summed E-state index contributed by atoms with van der Waals surface area (Å²) in [4.78, 5) is 30.9. The molecule has 1 spiro atoms. The van der Waals surface area contributed by atoms with E-state index in [1.807, 2.05) is 38.1 Å². The number of H-pyrrole nitrogens is 1. The summed E-state index contributed by atoms with van der Waals surface area (Å²) in [5.41, 5.74) is 4.50. The molecule has 264 valence electrons. The van der Waals surface area contributed by atoms with E-state index in [4.69, 9.17) is 14.7 Å². The minimum Gasteiger partial charge on any atom is -0.481 e. The number of carbonyl (C=O) groups excluding carboxylic acids is 1. The fraction of sp³-hybridized carbons (Fsp3) is 0.514. The Morgan fingerprint density at radius 1 is 1.08 bits per heavy atom. The third-order valence-electron chi connectivity index (χ3n) is 11.5. The van der Waals surface area contributed by atoms with Crippen LogP contribution in [0.15, 0.2) is 37.1 Å². The number of ether oxygens (including phenoxy) is 1. The van der Waals surface area contributed by atoms with Gasteiger partial charge in [0.1, 0.15) is 11.3 Å². The summed E-state index contributed by atoms with van der Waals surface area (Å²) >= 11 is 0. The van der Waals surface area contributed by atoms with Gasteiger partial charge in [-0.25, -0.2) is 4.98 Å².